The molecule has 19 heavy (non-hydrogen) atoms. The zero-order valence-corrected chi connectivity index (χ0v) is 12.1. The first-order valence-electron chi connectivity index (χ1n) is 6.43. The summed E-state index contributed by atoms with van der Waals surface area (Å²) in [5.74, 6) is 0. The molecule has 1 saturated heterocycles. The highest BCUT2D eigenvalue weighted by Gasteiger charge is 2.52. The molecule has 6 heteroatoms. The van der Waals surface area contributed by atoms with Gasteiger partial charge < -0.3 is 20.1 Å². The highest BCUT2D eigenvalue weighted by Crippen LogP contribution is 2.36. The Morgan fingerprint density at radius 1 is 1.26 bits per heavy atom. The van der Waals surface area contributed by atoms with Crippen LogP contribution in [0.5, 0.6) is 0 Å². The third kappa shape index (κ3) is 2.48. The monoisotopic (exact) mass is 264 g/mol. The van der Waals surface area contributed by atoms with Gasteiger partial charge in [0.1, 0.15) is 0 Å². The van der Waals surface area contributed by atoms with E-state index in [2.05, 4.69) is 4.98 Å². The van der Waals surface area contributed by atoms with E-state index in [0.29, 0.717) is 16.8 Å². The Morgan fingerprint density at radius 3 is 2.26 bits per heavy atom. The lowest BCUT2D eigenvalue weighted by Crippen LogP contribution is -2.41. The van der Waals surface area contributed by atoms with Crippen molar-refractivity contribution in [1.29, 1.82) is 0 Å². The van der Waals surface area contributed by atoms with E-state index in [0.717, 1.165) is 0 Å². The Labute approximate surface area is 114 Å². The van der Waals surface area contributed by atoms with E-state index in [4.69, 9.17) is 15.0 Å². The molecule has 1 aliphatic rings. The SMILES string of the molecule is CC(O)c1cc(B2OC(C)(C)C(C)(C)O2)c(N)cn1. The van der Waals surface area contributed by atoms with Gasteiger partial charge in [-0.3, -0.25) is 4.98 Å². The van der Waals surface area contributed by atoms with Crippen molar-refractivity contribution in [3.63, 3.8) is 0 Å². The number of aromatic nitrogens is 1. The van der Waals surface area contributed by atoms with Crippen LogP contribution in [-0.2, 0) is 9.31 Å². The number of rotatable bonds is 2. The predicted molar refractivity (Wildman–Crippen MR) is 75.0 cm³/mol. The molecule has 0 aromatic carbocycles. The van der Waals surface area contributed by atoms with Gasteiger partial charge in [0.25, 0.3) is 0 Å². The van der Waals surface area contributed by atoms with Crippen molar-refractivity contribution in [3.8, 4) is 0 Å². The van der Waals surface area contributed by atoms with E-state index in [1.807, 2.05) is 27.7 Å². The molecule has 0 bridgehead atoms. The summed E-state index contributed by atoms with van der Waals surface area (Å²) in [4.78, 5) is 4.10. The molecule has 1 fully saturated rings. The lowest BCUT2D eigenvalue weighted by Gasteiger charge is -2.32. The van der Waals surface area contributed by atoms with Gasteiger partial charge in [-0.15, -0.1) is 0 Å². The normalized spacial score (nSPS) is 22.5. The highest BCUT2D eigenvalue weighted by atomic mass is 16.7. The minimum absolute atomic E-state index is 0.418. The van der Waals surface area contributed by atoms with Gasteiger partial charge >= 0.3 is 7.12 Å². The number of anilines is 1. The third-order valence-corrected chi connectivity index (χ3v) is 3.92. The average molecular weight is 264 g/mol. The zero-order valence-electron chi connectivity index (χ0n) is 12.1. The Balaban J connectivity index is 2.36. The molecule has 0 amide bonds. The molecule has 2 rings (SSSR count). The second-order valence-electron chi connectivity index (χ2n) is 6.00. The smallest absolute Gasteiger partial charge is 0.399 e. The third-order valence-electron chi connectivity index (χ3n) is 3.92. The van der Waals surface area contributed by atoms with Crippen molar-refractivity contribution in [1.82, 2.24) is 4.98 Å². The predicted octanol–water partition coefficient (Wildman–Crippen LogP) is 1.02. The summed E-state index contributed by atoms with van der Waals surface area (Å²) >= 11 is 0. The van der Waals surface area contributed by atoms with Gasteiger partial charge in [-0.25, -0.2) is 0 Å². The summed E-state index contributed by atoms with van der Waals surface area (Å²) in [6.07, 6.45) is 0.879. The van der Waals surface area contributed by atoms with Crippen LogP contribution in [0.15, 0.2) is 12.3 Å². The van der Waals surface area contributed by atoms with E-state index < -0.39 is 24.4 Å². The molecule has 0 spiro atoms. The maximum atomic E-state index is 9.60. The number of aliphatic hydroxyl groups excluding tert-OH is 1. The summed E-state index contributed by atoms with van der Waals surface area (Å²) < 4.78 is 11.9. The van der Waals surface area contributed by atoms with Crippen molar-refractivity contribution >= 4 is 18.3 Å². The highest BCUT2D eigenvalue weighted by molar-refractivity contribution is 6.63. The molecule has 2 heterocycles. The van der Waals surface area contributed by atoms with Gasteiger partial charge in [0.15, 0.2) is 0 Å². The Bertz CT molecular complexity index is 473. The molecule has 1 unspecified atom stereocenters. The zero-order chi connectivity index (χ0) is 14.4. The Morgan fingerprint density at radius 2 is 1.79 bits per heavy atom. The summed E-state index contributed by atoms with van der Waals surface area (Å²) in [7, 11) is -0.537. The summed E-state index contributed by atoms with van der Waals surface area (Å²) in [5.41, 5.74) is 6.88. The second kappa shape index (κ2) is 4.47. The van der Waals surface area contributed by atoms with Crippen molar-refractivity contribution in [3.05, 3.63) is 18.0 Å². The van der Waals surface area contributed by atoms with E-state index in [1.54, 1.807) is 13.0 Å². The molecule has 3 N–H and O–H groups in total. The molecular formula is C13H21BN2O3. The minimum Gasteiger partial charge on any atom is -0.399 e. The summed E-state index contributed by atoms with van der Waals surface area (Å²) in [5, 5.41) is 9.60. The largest absolute Gasteiger partial charge is 0.497 e. The molecule has 0 radical (unpaired) electrons. The maximum Gasteiger partial charge on any atom is 0.497 e. The Hall–Kier alpha value is -1.11. The maximum absolute atomic E-state index is 9.60. The number of pyridine rings is 1. The number of hydrogen-bond acceptors (Lipinski definition) is 5. The minimum atomic E-state index is -0.651. The average Bonchev–Trinajstić information content (AvgIpc) is 2.48. The van der Waals surface area contributed by atoms with Crippen molar-refractivity contribution in [2.45, 2.75) is 51.9 Å². The molecule has 104 valence electrons. The van der Waals surface area contributed by atoms with Crippen LogP contribution in [0.2, 0.25) is 0 Å². The molecule has 1 aromatic rings. The van der Waals surface area contributed by atoms with Crippen molar-refractivity contribution in [2.75, 3.05) is 5.73 Å². The van der Waals surface area contributed by atoms with E-state index in [1.165, 1.54) is 6.20 Å². The van der Waals surface area contributed by atoms with Gasteiger partial charge in [0.2, 0.25) is 0 Å². The molecule has 1 atom stereocenters. The lowest BCUT2D eigenvalue weighted by atomic mass is 9.78. The van der Waals surface area contributed by atoms with E-state index in [9.17, 15) is 5.11 Å². The fourth-order valence-electron chi connectivity index (χ4n) is 1.90. The van der Waals surface area contributed by atoms with Gasteiger partial charge in [-0.05, 0) is 40.7 Å². The quantitative estimate of drug-likeness (QED) is 0.780. The van der Waals surface area contributed by atoms with E-state index in [-0.39, 0.29) is 0 Å². The molecule has 0 aliphatic carbocycles. The lowest BCUT2D eigenvalue weighted by molar-refractivity contribution is 0.00578. The first-order valence-corrected chi connectivity index (χ1v) is 6.43. The number of hydrogen-bond donors (Lipinski definition) is 2. The topological polar surface area (TPSA) is 77.6 Å². The number of nitrogens with two attached hydrogens (primary N) is 1. The molecule has 5 nitrogen and oxygen atoms in total. The van der Waals surface area contributed by atoms with Crippen LogP contribution in [0.25, 0.3) is 0 Å². The number of aliphatic hydroxyl groups is 1. The second-order valence-corrected chi connectivity index (χ2v) is 6.00. The van der Waals surface area contributed by atoms with Gasteiger partial charge in [0, 0.05) is 17.3 Å². The molecule has 1 aliphatic heterocycles. The summed E-state index contributed by atoms with van der Waals surface area (Å²) in [6.45, 7) is 9.60. The molecule has 1 aromatic heterocycles. The van der Waals surface area contributed by atoms with Crippen molar-refractivity contribution in [2.24, 2.45) is 0 Å². The van der Waals surface area contributed by atoms with Gasteiger partial charge in [0.05, 0.1) is 23.0 Å². The van der Waals surface area contributed by atoms with Crippen LogP contribution < -0.4 is 11.2 Å². The van der Waals surface area contributed by atoms with Crippen LogP contribution in [0.4, 0.5) is 5.69 Å². The van der Waals surface area contributed by atoms with Crippen molar-refractivity contribution < 1.29 is 14.4 Å². The van der Waals surface area contributed by atoms with Crippen LogP contribution in [-0.4, -0.2) is 28.4 Å². The first kappa shape index (κ1) is 14.3. The van der Waals surface area contributed by atoms with Crippen LogP contribution in [0.1, 0.15) is 46.4 Å². The molecule has 0 saturated carbocycles. The fraction of sp³-hybridized carbons (Fsp3) is 0.615. The van der Waals surface area contributed by atoms with Gasteiger partial charge in [-0.1, -0.05) is 0 Å². The van der Waals surface area contributed by atoms with Crippen LogP contribution in [0, 0.1) is 0 Å². The number of nitrogen functional groups attached to an aromatic ring is 1. The van der Waals surface area contributed by atoms with Gasteiger partial charge in [-0.2, -0.15) is 0 Å². The van der Waals surface area contributed by atoms with E-state index >= 15 is 0 Å². The van der Waals surface area contributed by atoms with Crippen LogP contribution >= 0.6 is 0 Å². The fourth-order valence-corrected chi connectivity index (χ4v) is 1.90. The van der Waals surface area contributed by atoms with Crippen LogP contribution in [0.3, 0.4) is 0 Å². The number of nitrogens with zero attached hydrogens (tertiary/aromatic N) is 1. The molecular weight excluding hydrogens is 243 g/mol. The Kier molecular flexibility index (Phi) is 3.37. The summed E-state index contributed by atoms with van der Waals surface area (Å²) in [6, 6.07) is 1.74. The standard InChI is InChI=1S/C13H21BN2O3/c1-8(17)11-6-9(10(15)7-16-11)14-18-12(2,3)13(4,5)19-14/h6-8,17H,15H2,1-5H3. The first-order chi connectivity index (χ1) is 8.64.